The van der Waals surface area contributed by atoms with Crippen molar-refractivity contribution in [2.24, 2.45) is 11.7 Å². The Kier molecular flexibility index (Phi) is 4.00. The molecule has 2 unspecified atom stereocenters. The third-order valence-corrected chi connectivity index (χ3v) is 3.95. The van der Waals surface area contributed by atoms with Crippen LogP contribution in [0.3, 0.4) is 0 Å². The van der Waals surface area contributed by atoms with E-state index in [-0.39, 0.29) is 0 Å². The molecule has 0 aromatic rings. The van der Waals surface area contributed by atoms with E-state index in [2.05, 4.69) is 16.7 Å². The molecule has 0 spiro atoms. The zero-order valence-corrected chi connectivity index (χ0v) is 9.99. The first-order chi connectivity index (χ1) is 7.33. The summed E-state index contributed by atoms with van der Waals surface area (Å²) < 4.78 is 0. The monoisotopic (exact) mass is 211 g/mol. The van der Waals surface area contributed by atoms with Gasteiger partial charge in [-0.3, -0.25) is 4.90 Å². The van der Waals surface area contributed by atoms with E-state index in [0.717, 1.165) is 18.5 Å². The molecule has 3 heteroatoms. The van der Waals surface area contributed by atoms with Crippen LogP contribution in [0.4, 0.5) is 0 Å². The van der Waals surface area contributed by atoms with E-state index in [1.807, 2.05) is 0 Å². The summed E-state index contributed by atoms with van der Waals surface area (Å²) in [7, 11) is 0. The summed E-state index contributed by atoms with van der Waals surface area (Å²) in [6.07, 6.45) is 3.98. The Balaban J connectivity index is 1.76. The van der Waals surface area contributed by atoms with Crippen LogP contribution < -0.4 is 5.73 Å². The van der Waals surface area contributed by atoms with Gasteiger partial charge < -0.3 is 10.6 Å². The molecule has 0 aromatic heterocycles. The molecule has 0 aliphatic carbocycles. The summed E-state index contributed by atoms with van der Waals surface area (Å²) in [6, 6.07) is 0.827. The van der Waals surface area contributed by atoms with Gasteiger partial charge in [-0.2, -0.15) is 0 Å². The second kappa shape index (κ2) is 5.28. The van der Waals surface area contributed by atoms with Crippen molar-refractivity contribution in [3.63, 3.8) is 0 Å². The highest BCUT2D eigenvalue weighted by Crippen LogP contribution is 2.23. The molecule has 88 valence electrons. The highest BCUT2D eigenvalue weighted by molar-refractivity contribution is 4.88. The van der Waals surface area contributed by atoms with Gasteiger partial charge in [0, 0.05) is 19.1 Å². The van der Waals surface area contributed by atoms with Crippen molar-refractivity contribution in [3.05, 3.63) is 0 Å². The number of nitrogens with two attached hydrogens (primary N) is 1. The average Bonchev–Trinajstić information content (AvgIpc) is 2.85. The summed E-state index contributed by atoms with van der Waals surface area (Å²) in [5.41, 5.74) is 5.73. The van der Waals surface area contributed by atoms with Crippen LogP contribution in [-0.2, 0) is 0 Å². The molecule has 3 nitrogen and oxygen atoms in total. The van der Waals surface area contributed by atoms with Crippen molar-refractivity contribution in [2.45, 2.75) is 32.2 Å². The third-order valence-electron chi connectivity index (χ3n) is 3.95. The van der Waals surface area contributed by atoms with Crippen molar-refractivity contribution >= 4 is 0 Å². The number of nitrogens with zero attached hydrogens (tertiary/aromatic N) is 2. The number of likely N-dealkylation sites (tertiary alicyclic amines) is 2. The predicted molar refractivity (Wildman–Crippen MR) is 63.9 cm³/mol. The minimum atomic E-state index is 0.769. The van der Waals surface area contributed by atoms with Gasteiger partial charge >= 0.3 is 0 Å². The molecule has 0 bridgehead atoms. The lowest BCUT2D eigenvalue weighted by Crippen LogP contribution is -2.36. The molecule has 0 aromatic carbocycles. The van der Waals surface area contributed by atoms with Crippen molar-refractivity contribution in [1.29, 1.82) is 0 Å². The molecule has 0 amide bonds. The molecule has 2 aliphatic rings. The van der Waals surface area contributed by atoms with Gasteiger partial charge in [0.1, 0.15) is 0 Å². The van der Waals surface area contributed by atoms with Crippen molar-refractivity contribution in [2.75, 3.05) is 39.3 Å². The Morgan fingerprint density at radius 1 is 1.20 bits per heavy atom. The Hall–Kier alpha value is -0.120. The van der Waals surface area contributed by atoms with Crippen molar-refractivity contribution in [3.8, 4) is 0 Å². The van der Waals surface area contributed by atoms with Crippen molar-refractivity contribution in [1.82, 2.24) is 9.80 Å². The first-order valence-corrected chi connectivity index (χ1v) is 6.50. The van der Waals surface area contributed by atoms with E-state index in [9.17, 15) is 0 Å². The largest absolute Gasteiger partial charge is 0.330 e. The second-order valence-electron chi connectivity index (χ2n) is 5.13. The van der Waals surface area contributed by atoms with E-state index >= 15 is 0 Å². The highest BCUT2D eigenvalue weighted by atomic mass is 15.3. The normalized spacial score (nSPS) is 34.0. The molecule has 2 heterocycles. The number of rotatable bonds is 4. The predicted octanol–water partition coefficient (Wildman–Crippen LogP) is 0.751. The van der Waals surface area contributed by atoms with Crippen LogP contribution in [0.15, 0.2) is 0 Å². The lowest BCUT2D eigenvalue weighted by Gasteiger charge is -2.24. The Morgan fingerprint density at radius 3 is 2.73 bits per heavy atom. The van der Waals surface area contributed by atoms with Crippen LogP contribution >= 0.6 is 0 Å². The number of hydrogen-bond donors (Lipinski definition) is 1. The first-order valence-electron chi connectivity index (χ1n) is 6.50. The van der Waals surface area contributed by atoms with Gasteiger partial charge in [0.25, 0.3) is 0 Å². The summed E-state index contributed by atoms with van der Waals surface area (Å²) in [5.74, 6) is 0.769. The summed E-state index contributed by atoms with van der Waals surface area (Å²) in [6.45, 7) is 9.57. The summed E-state index contributed by atoms with van der Waals surface area (Å²) in [4.78, 5) is 5.29. The highest BCUT2D eigenvalue weighted by Gasteiger charge is 2.31. The summed E-state index contributed by atoms with van der Waals surface area (Å²) in [5, 5.41) is 0. The van der Waals surface area contributed by atoms with Gasteiger partial charge in [-0.05, 0) is 51.4 Å². The molecule has 2 N–H and O–H groups in total. The van der Waals surface area contributed by atoms with Crippen LogP contribution in [-0.4, -0.2) is 55.1 Å². The van der Waals surface area contributed by atoms with E-state index < -0.39 is 0 Å². The van der Waals surface area contributed by atoms with Gasteiger partial charge in [0.15, 0.2) is 0 Å². The van der Waals surface area contributed by atoms with Crippen LogP contribution in [0.5, 0.6) is 0 Å². The summed E-state index contributed by atoms with van der Waals surface area (Å²) >= 11 is 0. The van der Waals surface area contributed by atoms with E-state index in [1.54, 1.807) is 0 Å². The van der Waals surface area contributed by atoms with Crippen LogP contribution in [0.1, 0.15) is 26.2 Å². The zero-order valence-electron chi connectivity index (χ0n) is 9.99. The lowest BCUT2D eigenvalue weighted by molar-refractivity contribution is 0.226. The van der Waals surface area contributed by atoms with Crippen LogP contribution in [0, 0.1) is 5.92 Å². The molecule has 0 saturated carbocycles. The maximum Gasteiger partial charge on any atom is 0.0235 e. The number of hydrogen-bond acceptors (Lipinski definition) is 3. The molecular formula is C12H25N3. The maximum absolute atomic E-state index is 5.73. The first kappa shape index (κ1) is 11.4. The van der Waals surface area contributed by atoms with Gasteiger partial charge in [-0.1, -0.05) is 6.92 Å². The minimum absolute atomic E-state index is 0.769. The molecule has 2 aliphatic heterocycles. The fraction of sp³-hybridized carbons (Fsp3) is 1.00. The van der Waals surface area contributed by atoms with Gasteiger partial charge in [0.2, 0.25) is 0 Å². The quantitative estimate of drug-likeness (QED) is 0.745. The van der Waals surface area contributed by atoms with Crippen LogP contribution in [0.25, 0.3) is 0 Å². The van der Waals surface area contributed by atoms with E-state index in [4.69, 9.17) is 5.73 Å². The van der Waals surface area contributed by atoms with Gasteiger partial charge in [0.05, 0.1) is 0 Å². The van der Waals surface area contributed by atoms with Crippen molar-refractivity contribution < 1.29 is 0 Å². The fourth-order valence-corrected chi connectivity index (χ4v) is 3.02. The molecule has 2 atom stereocenters. The molecule has 15 heavy (non-hydrogen) atoms. The second-order valence-corrected chi connectivity index (χ2v) is 5.13. The maximum atomic E-state index is 5.73. The smallest absolute Gasteiger partial charge is 0.0235 e. The topological polar surface area (TPSA) is 32.5 Å². The average molecular weight is 211 g/mol. The lowest BCUT2D eigenvalue weighted by atomic mass is 10.1. The molecular weight excluding hydrogens is 186 g/mol. The molecule has 0 radical (unpaired) electrons. The molecule has 2 rings (SSSR count). The van der Waals surface area contributed by atoms with Gasteiger partial charge in [-0.25, -0.2) is 0 Å². The Bertz CT molecular complexity index is 195. The fourth-order valence-electron chi connectivity index (χ4n) is 3.02. The molecule has 2 fully saturated rings. The Morgan fingerprint density at radius 2 is 2.07 bits per heavy atom. The van der Waals surface area contributed by atoms with E-state index in [0.29, 0.717) is 0 Å². The minimum Gasteiger partial charge on any atom is -0.330 e. The standard InChI is InChI=1S/C12H25N3/c1-2-5-14-6-4-12(10-14)15-7-3-11(8-13)9-15/h11-12H,2-10,13H2,1H3. The zero-order chi connectivity index (χ0) is 10.7. The Labute approximate surface area is 93.6 Å². The third kappa shape index (κ3) is 2.71. The SMILES string of the molecule is CCCN1CCC(N2CCC(CN)C2)C1. The van der Waals surface area contributed by atoms with Crippen LogP contribution in [0.2, 0.25) is 0 Å². The van der Waals surface area contributed by atoms with Gasteiger partial charge in [-0.15, -0.1) is 0 Å². The molecule has 2 saturated heterocycles. The van der Waals surface area contributed by atoms with E-state index in [1.165, 1.54) is 52.0 Å².